The smallest absolute Gasteiger partial charge is 0.266 e. The van der Waals surface area contributed by atoms with Gasteiger partial charge in [0.25, 0.3) is 17.7 Å². The van der Waals surface area contributed by atoms with E-state index in [9.17, 15) is 19.2 Å². The highest BCUT2D eigenvalue weighted by Gasteiger charge is 2.38. The maximum Gasteiger partial charge on any atom is 0.266 e. The van der Waals surface area contributed by atoms with Crippen molar-refractivity contribution in [1.82, 2.24) is 0 Å². The Morgan fingerprint density at radius 1 is 0.886 bits per heavy atom. The zero-order valence-electron chi connectivity index (χ0n) is 19.9. The number of Topliss-reactive ketones (excluding diaryl/α,β-unsaturated/α-hetero) is 1. The molecule has 7 nitrogen and oxygen atoms in total. The second kappa shape index (κ2) is 7.91. The van der Waals surface area contributed by atoms with Gasteiger partial charge in [0, 0.05) is 11.3 Å². The summed E-state index contributed by atoms with van der Waals surface area (Å²) in [5.41, 5.74) is 3.21. The van der Waals surface area contributed by atoms with Gasteiger partial charge in [0.15, 0.2) is 5.78 Å². The molecule has 0 fully saturated rings. The van der Waals surface area contributed by atoms with Gasteiger partial charge in [0.05, 0.1) is 28.8 Å². The standard InChI is InChI=1S/C28H24N2O5/c1-15-5-6-16(2)22(11-15)30-26(33)19-9-7-17(12-20(19)27(30)34)25(32)29-18-8-10-24-21(13-18)23(31)14-28(3,4)35-24/h5-13H,14H2,1-4H3,(H,29,32). The van der Waals surface area contributed by atoms with E-state index in [-0.39, 0.29) is 28.9 Å². The van der Waals surface area contributed by atoms with Crippen LogP contribution in [0.2, 0.25) is 0 Å². The van der Waals surface area contributed by atoms with Crippen molar-refractivity contribution in [3.05, 3.63) is 88.0 Å². The molecule has 0 aliphatic carbocycles. The van der Waals surface area contributed by atoms with E-state index >= 15 is 0 Å². The molecule has 2 heterocycles. The van der Waals surface area contributed by atoms with Gasteiger partial charge in [-0.25, -0.2) is 4.90 Å². The van der Waals surface area contributed by atoms with Crippen LogP contribution in [0.4, 0.5) is 11.4 Å². The molecule has 0 unspecified atom stereocenters. The van der Waals surface area contributed by atoms with E-state index in [2.05, 4.69) is 5.32 Å². The van der Waals surface area contributed by atoms with E-state index in [1.807, 2.05) is 39.8 Å². The van der Waals surface area contributed by atoms with Gasteiger partial charge < -0.3 is 10.1 Å². The molecule has 3 aromatic rings. The number of imide groups is 1. The van der Waals surface area contributed by atoms with Crippen molar-refractivity contribution in [2.45, 2.75) is 39.7 Å². The molecule has 2 aliphatic rings. The molecule has 0 aromatic heterocycles. The van der Waals surface area contributed by atoms with Crippen LogP contribution < -0.4 is 15.0 Å². The number of benzene rings is 3. The van der Waals surface area contributed by atoms with Gasteiger partial charge in [-0.2, -0.15) is 0 Å². The number of amides is 3. The van der Waals surface area contributed by atoms with Crippen molar-refractivity contribution in [3.8, 4) is 5.75 Å². The lowest BCUT2D eigenvalue weighted by Gasteiger charge is -2.31. The number of anilines is 2. The molecular weight excluding hydrogens is 444 g/mol. The molecule has 3 aromatic carbocycles. The van der Waals surface area contributed by atoms with Gasteiger partial charge in [-0.1, -0.05) is 12.1 Å². The zero-order chi connectivity index (χ0) is 25.1. The van der Waals surface area contributed by atoms with Crippen LogP contribution in [0.15, 0.2) is 54.6 Å². The molecule has 0 atom stereocenters. The first-order valence-corrected chi connectivity index (χ1v) is 11.3. The van der Waals surface area contributed by atoms with Crippen molar-refractivity contribution < 1.29 is 23.9 Å². The zero-order valence-corrected chi connectivity index (χ0v) is 19.9. The lowest BCUT2D eigenvalue weighted by molar-refractivity contribution is 0.0619. The summed E-state index contributed by atoms with van der Waals surface area (Å²) in [6, 6.07) is 15.0. The normalized spacial score (nSPS) is 16.0. The number of carbonyl (C=O) groups is 4. The molecule has 0 bridgehead atoms. The maximum absolute atomic E-state index is 13.2. The molecule has 7 heteroatoms. The third kappa shape index (κ3) is 3.89. The Kier molecular flexibility index (Phi) is 5.09. The third-order valence-electron chi connectivity index (χ3n) is 6.26. The van der Waals surface area contributed by atoms with E-state index in [1.165, 1.54) is 18.2 Å². The highest BCUT2D eigenvalue weighted by Crippen LogP contribution is 2.35. The number of rotatable bonds is 3. The molecule has 2 aliphatic heterocycles. The number of aryl methyl sites for hydroxylation is 2. The molecule has 1 N–H and O–H groups in total. The molecule has 0 radical (unpaired) electrons. The molecule has 176 valence electrons. The predicted octanol–water partition coefficient (Wildman–Crippen LogP) is 5.10. The van der Waals surface area contributed by atoms with Crippen molar-refractivity contribution in [1.29, 1.82) is 0 Å². The minimum absolute atomic E-state index is 0.0551. The number of hydrogen-bond donors (Lipinski definition) is 1. The summed E-state index contributed by atoms with van der Waals surface area (Å²) in [6.07, 6.45) is 0.245. The van der Waals surface area contributed by atoms with E-state index in [1.54, 1.807) is 24.3 Å². The molecule has 35 heavy (non-hydrogen) atoms. The van der Waals surface area contributed by atoms with Gasteiger partial charge in [-0.15, -0.1) is 0 Å². The van der Waals surface area contributed by atoms with Gasteiger partial charge in [-0.05, 0) is 81.3 Å². The van der Waals surface area contributed by atoms with Crippen LogP contribution in [-0.2, 0) is 0 Å². The van der Waals surface area contributed by atoms with Gasteiger partial charge >= 0.3 is 0 Å². The van der Waals surface area contributed by atoms with Gasteiger partial charge in [-0.3, -0.25) is 19.2 Å². The first-order valence-electron chi connectivity index (χ1n) is 11.3. The molecule has 3 amide bonds. The summed E-state index contributed by atoms with van der Waals surface area (Å²) in [5.74, 6) is -0.907. The van der Waals surface area contributed by atoms with Crippen molar-refractivity contribution in [3.63, 3.8) is 0 Å². The van der Waals surface area contributed by atoms with E-state index in [0.29, 0.717) is 22.7 Å². The Hall–Kier alpha value is -4.26. The van der Waals surface area contributed by atoms with Crippen molar-refractivity contribution in [2.75, 3.05) is 10.2 Å². The van der Waals surface area contributed by atoms with Crippen LogP contribution >= 0.6 is 0 Å². The van der Waals surface area contributed by atoms with E-state index < -0.39 is 23.3 Å². The Bertz CT molecular complexity index is 1450. The quantitative estimate of drug-likeness (QED) is 0.540. The Morgan fingerprint density at radius 3 is 2.40 bits per heavy atom. The number of ketones is 1. The number of hydrogen-bond acceptors (Lipinski definition) is 5. The summed E-state index contributed by atoms with van der Waals surface area (Å²) < 4.78 is 5.86. The Balaban J connectivity index is 1.41. The van der Waals surface area contributed by atoms with Gasteiger partial charge in [0.2, 0.25) is 0 Å². The number of nitrogens with zero attached hydrogens (tertiary/aromatic N) is 1. The Morgan fingerprint density at radius 2 is 1.63 bits per heavy atom. The maximum atomic E-state index is 13.2. The summed E-state index contributed by atoms with van der Waals surface area (Å²) in [5, 5.41) is 2.77. The number of fused-ring (bicyclic) bond motifs is 2. The molecule has 0 spiro atoms. The second-order valence-electron chi connectivity index (χ2n) is 9.62. The predicted molar refractivity (Wildman–Crippen MR) is 132 cm³/mol. The topological polar surface area (TPSA) is 92.8 Å². The van der Waals surface area contributed by atoms with E-state index in [4.69, 9.17) is 4.74 Å². The highest BCUT2D eigenvalue weighted by atomic mass is 16.5. The minimum atomic E-state index is -0.575. The fourth-order valence-corrected chi connectivity index (χ4v) is 4.49. The van der Waals surface area contributed by atoms with Crippen LogP contribution in [0.1, 0.15) is 72.8 Å². The monoisotopic (exact) mass is 468 g/mol. The second-order valence-corrected chi connectivity index (χ2v) is 9.62. The largest absolute Gasteiger partial charge is 0.487 e. The van der Waals surface area contributed by atoms with Crippen LogP contribution in [0, 0.1) is 13.8 Å². The summed E-state index contributed by atoms with van der Waals surface area (Å²) in [7, 11) is 0. The number of nitrogens with one attached hydrogen (secondary N) is 1. The highest BCUT2D eigenvalue weighted by molar-refractivity contribution is 6.35. The molecule has 0 saturated carbocycles. The average molecular weight is 469 g/mol. The van der Waals surface area contributed by atoms with E-state index in [0.717, 1.165) is 16.0 Å². The molecule has 5 rings (SSSR count). The average Bonchev–Trinajstić information content (AvgIpc) is 3.04. The summed E-state index contributed by atoms with van der Waals surface area (Å²) in [4.78, 5) is 52.8. The first kappa shape index (κ1) is 22.5. The summed E-state index contributed by atoms with van der Waals surface area (Å²) in [6.45, 7) is 7.44. The van der Waals surface area contributed by atoms with Crippen LogP contribution in [0.5, 0.6) is 5.75 Å². The fraction of sp³-hybridized carbons (Fsp3) is 0.214. The van der Waals surface area contributed by atoms with Gasteiger partial charge in [0.1, 0.15) is 11.4 Å². The summed E-state index contributed by atoms with van der Waals surface area (Å²) >= 11 is 0. The fourth-order valence-electron chi connectivity index (χ4n) is 4.49. The van der Waals surface area contributed by atoms with Crippen molar-refractivity contribution >= 4 is 34.9 Å². The van der Waals surface area contributed by atoms with Crippen molar-refractivity contribution in [2.24, 2.45) is 0 Å². The molecule has 0 saturated heterocycles. The third-order valence-corrected chi connectivity index (χ3v) is 6.26. The Labute approximate surface area is 202 Å². The van der Waals surface area contributed by atoms with Crippen LogP contribution in [-0.4, -0.2) is 29.1 Å². The molecular formula is C28H24N2O5. The number of carbonyl (C=O) groups excluding carboxylic acids is 4. The van der Waals surface area contributed by atoms with Crippen LogP contribution in [0.3, 0.4) is 0 Å². The first-order chi connectivity index (χ1) is 16.5. The van der Waals surface area contributed by atoms with Crippen LogP contribution in [0.25, 0.3) is 0 Å². The number of ether oxygens (including phenoxy) is 1. The lowest BCUT2D eigenvalue weighted by Crippen LogP contribution is -2.35. The lowest BCUT2D eigenvalue weighted by atomic mass is 9.93. The minimum Gasteiger partial charge on any atom is -0.487 e. The SMILES string of the molecule is Cc1ccc(C)c(N2C(=O)c3ccc(C(=O)Nc4ccc5c(c4)C(=O)CC(C)(C)O5)cc3C2=O)c1.